The van der Waals surface area contributed by atoms with Crippen LogP contribution in [0, 0.1) is 5.82 Å². The number of carboxylic acids is 1. The predicted octanol–water partition coefficient (Wildman–Crippen LogP) is 3.48. The fourth-order valence-electron chi connectivity index (χ4n) is 2.95. The maximum atomic E-state index is 13.5. The first-order valence-corrected chi connectivity index (χ1v) is 10.6. The average molecular weight is 490 g/mol. The molecule has 0 bridgehead atoms. The highest BCUT2D eigenvalue weighted by molar-refractivity contribution is 6.31. The molecule has 2 amide bonds. The van der Waals surface area contributed by atoms with Crippen molar-refractivity contribution in [3.63, 3.8) is 0 Å². The van der Waals surface area contributed by atoms with Gasteiger partial charge in [-0.15, -0.1) is 0 Å². The molecule has 12 heteroatoms. The van der Waals surface area contributed by atoms with Gasteiger partial charge < -0.3 is 25.8 Å². The second-order valence-corrected chi connectivity index (χ2v) is 7.40. The van der Waals surface area contributed by atoms with Crippen molar-refractivity contribution in [2.45, 2.75) is 19.8 Å². The molecule has 178 valence electrons. The first kappa shape index (κ1) is 24.6. The van der Waals surface area contributed by atoms with Crippen LogP contribution in [0.5, 0.6) is 5.75 Å². The maximum absolute atomic E-state index is 13.5. The third-order valence-corrected chi connectivity index (χ3v) is 4.79. The summed E-state index contributed by atoms with van der Waals surface area (Å²) < 4.78 is 19.1. The number of halogens is 2. The number of nitrogens with zero attached hydrogens (tertiary/aromatic N) is 2. The molecule has 1 aromatic heterocycles. The molecule has 34 heavy (non-hydrogen) atoms. The van der Waals surface area contributed by atoms with Gasteiger partial charge in [-0.2, -0.15) is 0 Å². The van der Waals surface area contributed by atoms with Crippen molar-refractivity contribution in [2.24, 2.45) is 0 Å². The number of anilines is 3. The highest BCUT2D eigenvalue weighted by Gasteiger charge is 2.15. The van der Waals surface area contributed by atoms with E-state index in [1.54, 1.807) is 19.1 Å². The molecular weight excluding hydrogens is 469 g/mol. The fourth-order valence-corrected chi connectivity index (χ4v) is 3.13. The predicted molar refractivity (Wildman–Crippen MR) is 124 cm³/mol. The van der Waals surface area contributed by atoms with Gasteiger partial charge in [-0.1, -0.05) is 11.6 Å². The van der Waals surface area contributed by atoms with Crippen LogP contribution in [0.3, 0.4) is 0 Å². The van der Waals surface area contributed by atoms with E-state index in [0.29, 0.717) is 40.5 Å². The second kappa shape index (κ2) is 11.2. The van der Waals surface area contributed by atoms with Gasteiger partial charge in [-0.05, 0) is 31.2 Å². The molecular formula is C22H21ClFN5O5. The molecule has 10 nitrogen and oxygen atoms in total. The minimum atomic E-state index is -1.10. The number of hydrogen-bond acceptors (Lipinski definition) is 7. The Labute approximate surface area is 198 Å². The summed E-state index contributed by atoms with van der Waals surface area (Å²) in [5.74, 6) is -2.02. The number of rotatable bonds is 10. The summed E-state index contributed by atoms with van der Waals surface area (Å²) in [7, 11) is 0. The van der Waals surface area contributed by atoms with E-state index in [-0.39, 0.29) is 24.4 Å². The number of fused-ring (bicyclic) bond motifs is 1. The Balaban J connectivity index is 1.83. The lowest BCUT2D eigenvalue weighted by Gasteiger charge is -2.15. The lowest BCUT2D eigenvalue weighted by Crippen LogP contribution is -2.33. The minimum absolute atomic E-state index is 0.0552. The van der Waals surface area contributed by atoms with Crippen LogP contribution in [0.2, 0.25) is 5.02 Å². The van der Waals surface area contributed by atoms with Gasteiger partial charge in [0.25, 0.3) is 0 Å². The number of carbonyl (C=O) groups is 3. The first-order valence-electron chi connectivity index (χ1n) is 10.2. The Morgan fingerprint density at radius 2 is 1.91 bits per heavy atom. The van der Waals surface area contributed by atoms with Gasteiger partial charge in [-0.25, -0.2) is 14.4 Å². The Hall–Kier alpha value is -3.99. The molecule has 0 aliphatic rings. The van der Waals surface area contributed by atoms with E-state index < -0.39 is 23.6 Å². The normalized spacial score (nSPS) is 10.6. The fraction of sp³-hybridized carbons (Fsp3) is 0.227. The Bertz CT molecular complexity index is 1240. The largest absolute Gasteiger partial charge is 0.492 e. The van der Waals surface area contributed by atoms with Crippen molar-refractivity contribution >= 4 is 57.5 Å². The number of carbonyl (C=O) groups excluding carboxylic acids is 2. The lowest BCUT2D eigenvalue weighted by atomic mass is 10.1. The molecule has 0 aliphatic heterocycles. The Morgan fingerprint density at radius 3 is 2.62 bits per heavy atom. The molecule has 3 aromatic rings. The van der Waals surface area contributed by atoms with Crippen molar-refractivity contribution in [3.8, 4) is 5.75 Å². The average Bonchev–Trinajstić information content (AvgIpc) is 2.79. The third-order valence-electron chi connectivity index (χ3n) is 4.50. The molecule has 0 aliphatic carbocycles. The quantitative estimate of drug-likeness (QED) is 0.339. The number of aliphatic carboxylic acids is 1. The van der Waals surface area contributed by atoms with Crippen LogP contribution in [-0.4, -0.2) is 46.0 Å². The first-order chi connectivity index (χ1) is 16.3. The van der Waals surface area contributed by atoms with Crippen LogP contribution in [0.4, 0.5) is 21.6 Å². The van der Waals surface area contributed by atoms with Crippen LogP contribution in [0.1, 0.15) is 19.8 Å². The molecule has 2 aromatic carbocycles. The highest BCUT2D eigenvalue weighted by atomic mass is 35.5. The van der Waals surface area contributed by atoms with Crippen LogP contribution < -0.4 is 20.7 Å². The van der Waals surface area contributed by atoms with Crippen LogP contribution in [0.25, 0.3) is 10.9 Å². The molecule has 1 heterocycles. The van der Waals surface area contributed by atoms with E-state index in [4.69, 9.17) is 21.4 Å². The van der Waals surface area contributed by atoms with Gasteiger partial charge in [0.1, 0.15) is 23.7 Å². The van der Waals surface area contributed by atoms with Gasteiger partial charge in [0.15, 0.2) is 0 Å². The summed E-state index contributed by atoms with van der Waals surface area (Å²) in [6, 6.07) is 7.37. The second-order valence-electron chi connectivity index (χ2n) is 6.99. The number of amides is 2. The molecule has 0 atom stereocenters. The molecule has 0 spiro atoms. The zero-order valence-corrected chi connectivity index (χ0v) is 18.8. The minimum Gasteiger partial charge on any atom is -0.492 e. The molecule has 3 rings (SSSR count). The number of hydrogen-bond donors (Lipinski definition) is 4. The van der Waals surface area contributed by atoms with E-state index in [2.05, 4.69) is 25.9 Å². The maximum Gasteiger partial charge on any atom is 0.303 e. The zero-order chi connectivity index (χ0) is 24.7. The number of ether oxygens (including phenoxy) is 1. The molecule has 0 fully saturated rings. The van der Waals surface area contributed by atoms with Gasteiger partial charge in [0.05, 0.1) is 35.8 Å². The zero-order valence-electron chi connectivity index (χ0n) is 18.0. The van der Waals surface area contributed by atoms with Crippen molar-refractivity contribution < 1.29 is 28.6 Å². The van der Waals surface area contributed by atoms with Crippen LogP contribution in [-0.2, 0) is 14.4 Å². The summed E-state index contributed by atoms with van der Waals surface area (Å²) >= 11 is 5.85. The van der Waals surface area contributed by atoms with E-state index >= 15 is 0 Å². The van der Waals surface area contributed by atoms with Crippen molar-refractivity contribution in [1.29, 1.82) is 0 Å². The molecule has 0 saturated heterocycles. The molecule has 0 unspecified atom stereocenters. The lowest BCUT2D eigenvalue weighted by molar-refractivity contribution is -0.138. The Kier molecular flexibility index (Phi) is 8.14. The van der Waals surface area contributed by atoms with E-state index in [0.717, 1.165) is 0 Å². The van der Waals surface area contributed by atoms with Gasteiger partial charge in [0.2, 0.25) is 11.8 Å². The summed E-state index contributed by atoms with van der Waals surface area (Å²) in [6.07, 6.45) is 0.778. The monoisotopic (exact) mass is 489 g/mol. The van der Waals surface area contributed by atoms with Crippen molar-refractivity contribution in [1.82, 2.24) is 15.3 Å². The van der Waals surface area contributed by atoms with Crippen LogP contribution >= 0.6 is 11.6 Å². The number of carboxylic acid groups (broad SMARTS) is 1. The number of aromatic nitrogens is 2. The Morgan fingerprint density at radius 1 is 1.12 bits per heavy atom. The number of nitrogens with one attached hydrogen (secondary N) is 3. The van der Waals surface area contributed by atoms with Gasteiger partial charge in [-0.3, -0.25) is 14.4 Å². The van der Waals surface area contributed by atoms with E-state index in [1.807, 2.05) is 0 Å². The molecule has 0 radical (unpaired) electrons. The van der Waals surface area contributed by atoms with Gasteiger partial charge in [0, 0.05) is 23.6 Å². The molecule has 0 saturated carbocycles. The summed E-state index contributed by atoms with van der Waals surface area (Å²) in [5.41, 5.74) is 1.33. The smallest absolute Gasteiger partial charge is 0.303 e. The van der Waals surface area contributed by atoms with E-state index in [9.17, 15) is 18.8 Å². The number of benzene rings is 2. The summed E-state index contributed by atoms with van der Waals surface area (Å²) in [5, 5.41) is 17.2. The highest BCUT2D eigenvalue weighted by Crippen LogP contribution is 2.33. The van der Waals surface area contributed by atoms with Gasteiger partial charge >= 0.3 is 5.97 Å². The standard InChI is InChI=1S/C22H21ClFN5O5/c1-2-34-18-9-16-13(8-17(18)29-20(31)10-25-19(30)5-6-21(32)33)22(27-11-26-16)28-12-3-4-15(24)14(23)7-12/h3-4,7-9,11H,2,5-6,10H2,1H3,(H,25,30)(H,29,31)(H,32,33)(H,26,27,28). The van der Waals surface area contributed by atoms with Crippen molar-refractivity contribution in [3.05, 3.63) is 47.5 Å². The summed E-state index contributed by atoms with van der Waals surface area (Å²) in [6.45, 7) is 1.75. The van der Waals surface area contributed by atoms with Crippen molar-refractivity contribution in [2.75, 3.05) is 23.8 Å². The third kappa shape index (κ3) is 6.51. The molecule has 4 N–H and O–H groups in total. The van der Waals surface area contributed by atoms with E-state index in [1.165, 1.54) is 24.5 Å². The summed E-state index contributed by atoms with van der Waals surface area (Å²) in [4.78, 5) is 43.1. The SMILES string of the molecule is CCOc1cc2ncnc(Nc3ccc(F)c(Cl)c3)c2cc1NC(=O)CNC(=O)CCC(=O)O. The van der Waals surface area contributed by atoms with Crippen LogP contribution in [0.15, 0.2) is 36.7 Å². The topological polar surface area (TPSA) is 143 Å².